The molecule has 0 amide bonds. The van der Waals surface area contributed by atoms with Crippen molar-refractivity contribution in [3.8, 4) is 0 Å². The number of aldehydes is 1. The van der Waals surface area contributed by atoms with Gasteiger partial charge in [-0.1, -0.05) is 103 Å². The van der Waals surface area contributed by atoms with Gasteiger partial charge in [-0.05, 0) is 141 Å². The van der Waals surface area contributed by atoms with Gasteiger partial charge in [0.2, 0.25) is 0 Å². The second kappa shape index (κ2) is 12.4. The molecule has 1 aliphatic heterocycles. The van der Waals surface area contributed by atoms with Crippen molar-refractivity contribution in [2.75, 3.05) is 6.54 Å². The van der Waals surface area contributed by atoms with Crippen molar-refractivity contribution in [1.29, 1.82) is 0 Å². The number of amidine groups is 1. The Morgan fingerprint density at radius 3 is 2.33 bits per heavy atom. The van der Waals surface area contributed by atoms with Crippen LogP contribution in [0.3, 0.4) is 0 Å². The lowest BCUT2D eigenvalue weighted by molar-refractivity contribution is -0.170. The quantitative estimate of drug-likeness (QED) is 0.255. The topological polar surface area (TPSA) is 41.8 Å². The number of benzene rings is 1. The lowest BCUT2D eigenvalue weighted by atomic mass is 9.37. The second-order valence-corrected chi connectivity index (χ2v) is 19.8. The number of aliphatic imine (C=N–C) groups is 2. The third kappa shape index (κ3) is 5.62. The summed E-state index contributed by atoms with van der Waals surface area (Å²) in [6.45, 7) is 27.3. The molecule has 5 aliphatic carbocycles. The van der Waals surface area contributed by atoms with Crippen molar-refractivity contribution in [3.05, 3.63) is 58.7 Å². The summed E-state index contributed by atoms with van der Waals surface area (Å²) < 4.78 is 0. The molecule has 3 heteroatoms. The molecule has 0 spiro atoms. The van der Waals surface area contributed by atoms with Crippen LogP contribution < -0.4 is 0 Å². The Labute approximate surface area is 299 Å². The van der Waals surface area contributed by atoms with Crippen LogP contribution in [0, 0.1) is 75.9 Å². The summed E-state index contributed by atoms with van der Waals surface area (Å²) >= 11 is 0. The van der Waals surface area contributed by atoms with Crippen molar-refractivity contribution in [3.63, 3.8) is 0 Å². The molecule has 0 radical (unpaired) electrons. The minimum absolute atomic E-state index is 0.0137. The fourth-order valence-corrected chi connectivity index (χ4v) is 13.9. The number of nitrogens with zero attached hydrogens (tertiary/aromatic N) is 2. The Hall–Kier alpha value is -2.29. The molecular formula is C46H66N2O. The molecule has 10 unspecified atom stereocenters. The summed E-state index contributed by atoms with van der Waals surface area (Å²) in [4.78, 5) is 22.2. The molecule has 4 saturated carbocycles. The zero-order valence-corrected chi connectivity index (χ0v) is 32.5. The van der Waals surface area contributed by atoms with E-state index in [2.05, 4.69) is 86.6 Å². The smallest absolute Gasteiger partial charge is 0.154 e. The van der Waals surface area contributed by atoms with E-state index in [1.807, 2.05) is 0 Å². The molecule has 0 bridgehead atoms. The van der Waals surface area contributed by atoms with Gasteiger partial charge in [0.25, 0.3) is 0 Å². The molecule has 6 aliphatic rings. The van der Waals surface area contributed by atoms with E-state index in [1.54, 1.807) is 11.1 Å². The van der Waals surface area contributed by atoms with Gasteiger partial charge in [-0.3, -0.25) is 4.99 Å². The zero-order chi connectivity index (χ0) is 35.1. The highest BCUT2D eigenvalue weighted by molar-refractivity contribution is 6.14. The van der Waals surface area contributed by atoms with Crippen LogP contribution in [-0.4, -0.2) is 24.4 Å². The van der Waals surface area contributed by atoms with Crippen LogP contribution in [0.4, 0.5) is 0 Å². The van der Waals surface area contributed by atoms with Crippen molar-refractivity contribution in [2.24, 2.45) is 79.0 Å². The maximum atomic E-state index is 11.7. The molecule has 7 rings (SSSR count). The minimum atomic E-state index is -0.202. The Kier molecular flexibility index (Phi) is 8.92. The normalized spacial score (nSPS) is 39.5. The monoisotopic (exact) mass is 663 g/mol. The molecule has 4 fully saturated rings. The van der Waals surface area contributed by atoms with E-state index in [-0.39, 0.29) is 10.8 Å². The predicted molar refractivity (Wildman–Crippen MR) is 206 cm³/mol. The molecule has 3 nitrogen and oxygen atoms in total. The second-order valence-electron chi connectivity index (χ2n) is 19.8. The van der Waals surface area contributed by atoms with E-state index in [0.29, 0.717) is 28.6 Å². The van der Waals surface area contributed by atoms with E-state index < -0.39 is 0 Å². The molecular weight excluding hydrogens is 597 g/mol. The minimum Gasteiger partial charge on any atom is -0.303 e. The number of fused-ring (bicyclic) bond motifs is 7. The molecule has 0 saturated heterocycles. The number of hydrogen-bond acceptors (Lipinski definition) is 3. The highest BCUT2D eigenvalue weighted by Gasteiger charge is 2.65. The van der Waals surface area contributed by atoms with Crippen LogP contribution in [0.2, 0.25) is 0 Å². The van der Waals surface area contributed by atoms with Crippen LogP contribution in [0.1, 0.15) is 137 Å². The van der Waals surface area contributed by atoms with Crippen LogP contribution in [0.15, 0.2) is 57.5 Å². The number of aryl methyl sites for hydroxylation is 1. The van der Waals surface area contributed by atoms with Crippen LogP contribution in [0.25, 0.3) is 0 Å². The predicted octanol–water partition coefficient (Wildman–Crippen LogP) is 11.6. The maximum Gasteiger partial charge on any atom is 0.154 e. The first-order chi connectivity index (χ1) is 23.1. The van der Waals surface area contributed by atoms with Gasteiger partial charge in [0.05, 0.1) is 12.3 Å². The number of rotatable bonds is 8. The largest absolute Gasteiger partial charge is 0.303 e. The highest BCUT2D eigenvalue weighted by Crippen LogP contribution is 2.72. The third-order valence-corrected chi connectivity index (χ3v) is 15.9. The van der Waals surface area contributed by atoms with E-state index >= 15 is 0 Å². The summed E-state index contributed by atoms with van der Waals surface area (Å²) in [7, 11) is 0. The first-order valence-corrected chi connectivity index (χ1v) is 20.2. The molecule has 1 aromatic carbocycles. The molecule has 10 atom stereocenters. The standard InChI is InChI=1S/C46H66N2O/c1-28(2)40-31(5)25-46(39-26-47-42(48-39)33-13-11-29(3)12-14-33)22-19-37-35(41(40)46)15-16-38-44(9)20-17-34(23-30(4)24-43(7,8)27-49)32(6)36(44)18-21-45(37,38)10/h11-14,27-28,30,32,34-38H,5,15-26H2,1-4,6-10H3. The van der Waals surface area contributed by atoms with Crippen molar-refractivity contribution in [1.82, 2.24) is 0 Å². The molecule has 0 N–H and O–H groups in total. The number of hydrogen-bond donors (Lipinski definition) is 0. The number of carbonyl (C=O) groups is 1. The first-order valence-electron chi connectivity index (χ1n) is 20.2. The molecule has 1 heterocycles. The van der Waals surface area contributed by atoms with Crippen molar-refractivity contribution in [2.45, 2.75) is 133 Å². The van der Waals surface area contributed by atoms with E-state index in [1.165, 1.54) is 80.9 Å². The fraction of sp³-hybridized carbons (Fsp3) is 0.717. The van der Waals surface area contributed by atoms with Gasteiger partial charge in [-0.2, -0.15) is 0 Å². The third-order valence-electron chi connectivity index (χ3n) is 15.9. The SMILES string of the molecule is C=C1CC2(C3=NC(c4ccc(C)cc4)=NC3)CCC3C(CCC4C3(C)CCC3C(C)C(CC(C)CC(C)(C)C=O)CCC34C)C2=C1C(C)C. The molecule has 0 aromatic heterocycles. The average molecular weight is 663 g/mol. The zero-order valence-electron chi connectivity index (χ0n) is 32.5. The van der Waals surface area contributed by atoms with Crippen molar-refractivity contribution < 1.29 is 4.79 Å². The summed E-state index contributed by atoms with van der Waals surface area (Å²) in [6, 6.07) is 8.77. The Bertz CT molecular complexity index is 1570. The van der Waals surface area contributed by atoms with Crippen LogP contribution in [-0.2, 0) is 4.79 Å². The van der Waals surface area contributed by atoms with E-state index in [9.17, 15) is 4.79 Å². The summed E-state index contributed by atoms with van der Waals surface area (Å²) in [5.41, 5.74) is 9.16. The Morgan fingerprint density at radius 2 is 1.63 bits per heavy atom. The highest BCUT2D eigenvalue weighted by atomic mass is 16.1. The maximum absolute atomic E-state index is 11.7. The van der Waals surface area contributed by atoms with Gasteiger partial charge in [0, 0.05) is 16.4 Å². The van der Waals surface area contributed by atoms with Gasteiger partial charge < -0.3 is 4.79 Å². The van der Waals surface area contributed by atoms with Gasteiger partial charge in [-0.25, -0.2) is 4.99 Å². The lowest BCUT2D eigenvalue weighted by Gasteiger charge is -2.67. The van der Waals surface area contributed by atoms with Gasteiger partial charge >= 0.3 is 0 Å². The van der Waals surface area contributed by atoms with Crippen molar-refractivity contribution >= 4 is 17.8 Å². The Balaban J connectivity index is 1.16. The number of allylic oxidation sites excluding steroid dienone is 3. The van der Waals surface area contributed by atoms with Gasteiger partial charge in [-0.15, -0.1) is 0 Å². The van der Waals surface area contributed by atoms with Crippen LogP contribution >= 0.6 is 0 Å². The Morgan fingerprint density at radius 1 is 0.959 bits per heavy atom. The lowest BCUT2D eigenvalue weighted by Crippen LogP contribution is -2.60. The summed E-state index contributed by atoms with van der Waals surface area (Å²) in [5, 5.41) is 0. The molecule has 49 heavy (non-hydrogen) atoms. The van der Waals surface area contributed by atoms with Gasteiger partial charge in [0.15, 0.2) is 5.84 Å². The van der Waals surface area contributed by atoms with Crippen LogP contribution in [0.5, 0.6) is 0 Å². The first kappa shape index (κ1) is 35.1. The van der Waals surface area contributed by atoms with E-state index in [0.717, 1.165) is 60.4 Å². The average Bonchev–Trinajstić information content (AvgIpc) is 3.66. The molecule has 1 aromatic rings. The fourth-order valence-electron chi connectivity index (χ4n) is 13.9. The summed E-state index contributed by atoms with van der Waals surface area (Å²) in [5.74, 6) is 6.66. The van der Waals surface area contributed by atoms with E-state index in [4.69, 9.17) is 16.6 Å². The number of carbonyl (C=O) groups excluding carboxylic acids is 1. The molecule has 266 valence electrons. The van der Waals surface area contributed by atoms with Gasteiger partial charge in [0.1, 0.15) is 6.29 Å². The summed E-state index contributed by atoms with van der Waals surface area (Å²) in [6.07, 6.45) is 15.3.